The monoisotopic (exact) mass is 127 g/mol. The van der Waals surface area contributed by atoms with Crippen LogP contribution in [0.15, 0.2) is 4.99 Å². The van der Waals surface area contributed by atoms with Crippen LogP contribution in [0.3, 0.4) is 0 Å². The number of amides is 1. The molecule has 0 radical (unpaired) electrons. The van der Waals surface area contributed by atoms with Gasteiger partial charge in [-0.3, -0.25) is 9.80 Å². The number of rotatable bonds is 1. The second-order valence-corrected chi connectivity index (χ2v) is 2.08. The van der Waals surface area contributed by atoms with Gasteiger partial charge in [0.05, 0.1) is 0 Å². The van der Waals surface area contributed by atoms with E-state index in [1.54, 1.807) is 5.01 Å². The van der Waals surface area contributed by atoms with E-state index < -0.39 is 0 Å². The van der Waals surface area contributed by atoms with Gasteiger partial charge in [0.25, 0.3) is 5.91 Å². The molecule has 0 aromatic heterocycles. The van der Waals surface area contributed by atoms with E-state index in [2.05, 4.69) is 4.99 Å². The lowest BCUT2D eigenvalue weighted by Crippen LogP contribution is -2.34. The molecule has 9 heavy (non-hydrogen) atoms. The van der Waals surface area contributed by atoms with Crippen molar-refractivity contribution >= 4 is 12.2 Å². The Morgan fingerprint density at radius 1 is 1.78 bits per heavy atom. The van der Waals surface area contributed by atoms with Crippen molar-refractivity contribution in [2.75, 3.05) is 20.6 Å². The average molecular weight is 127 g/mol. The number of hydrogen-bond donors (Lipinski definition) is 0. The third-order valence-corrected chi connectivity index (χ3v) is 1.15. The maximum Gasteiger partial charge on any atom is 0.268 e. The molecular formula is C5H9N3O. The van der Waals surface area contributed by atoms with Crippen molar-refractivity contribution in [3.05, 3.63) is 0 Å². The first-order valence-corrected chi connectivity index (χ1v) is 2.71. The van der Waals surface area contributed by atoms with E-state index >= 15 is 0 Å². The van der Waals surface area contributed by atoms with Crippen LogP contribution in [0.2, 0.25) is 0 Å². The van der Waals surface area contributed by atoms with Gasteiger partial charge in [0.2, 0.25) is 0 Å². The van der Waals surface area contributed by atoms with Crippen molar-refractivity contribution in [2.24, 2.45) is 4.99 Å². The van der Waals surface area contributed by atoms with Gasteiger partial charge in [-0.1, -0.05) is 0 Å². The molecular weight excluding hydrogens is 118 g/mol. The molecule has 0 N–H and O–H groups in total. The lowest BCUT2D eigenvalue weighted by Gasteiger charge is -2.20. The van der Waals surface area contributed by atoms with Gasteiger partial charge < -0.3 is 0 Å². The van der Waals surface area contributed by atoms with Crippen molar-refractivity contribution in [1.82, 2.24) is 10.0 Å². The number of carbonyl (C=O) groups is 1. The van der Waals surface area contributed by atoms with Gasteiger partial charge in [-0.05, 0) is 0 Å². The van der Waals surface area contributed by atoms with Crippen molar-refractivity contribution in [3.8, 4) is 0 Å². The van der Waals surface area contributed by atoms with E-state index in [9.17, 15) is 4.79 Å². The highest BCUT2D eigenvalue weighted by atomic mass is 16.2. The summed E-state index contributed by atoms with van der Waals surface area (Å²) in [7, 11) is 3.73. The van der Waals surface area contributed by atoms with E-state index in [0.717, 1.165) is 0 Å². The van der Waals surface area contributed by atoms with Gasteiger partial charge in [-0.15, -0.1) is 0 Å². The summed E-state index contributed by atoms with van der Waals surface area (Å²) in [6.07, 6.45) is 1.53. The van der Waals surface area contributed by atoms with E-state index in [0.29, 0.717) is 6.54 Å². The molecule has 0 aromatic carbocycles. The van der Waals surface area contributed by atoms with E-state index in [1.165, 1.54) is 6.34 Å². The first-order chi connectivity index (χ1) is 4.20. The predicted octanol–water partition coefficient (Wildman–Crippen LogP) is -0.667. The fraction of sp³-hybridized carbons (Fsp3) is 0.600. The Morgan fingerprint density at radius 3 is 2.67 bits per heavy atom. The molecule has 0 aliphatic carbocycles. The summed E-state index contributed by atoms with van der Waals surface area (Å²) in [5, 5.41) is 3.55. The standard InChI is InChI=1S/C5H9N3O/c1-7(2)8-3-5(9)6-4-8/h4H,3H2,1-2H3. The highest BCUT2D eigenvalue weighted by Gasteiger charge is 2.13. The fourth-order valence-corrected chi connectivity index (χ4v) is 0.596. The van der Waals surface area contributed by atoms with Crippen LogP contribution in [0.4, 0.5) is 0 Å². The molecule has 50 valence electrons. The van der Waals surface area contributed by atoms with Gasteiger partial charge in [0, 0.05) is 14.1 Å². The lowest BCUT2D eigenvalue weighted by atomic mass is 10.6. The minimum atomic E-state index is -0.0799. The molecule has 1 rings (SSSR count). The predicted molar refractivity (Wildman–Crippen MR) is 33.9 cm³/mol. The Labute approximate surface area is 53.7 Å². The molecule has 0 saturated carbocycles. The zero-order chi connectivity index (χ0) is 6.85. The highest BCUT2D eigenvalue weighted by molar-refractivity contribution is 5.91. The first kappa shape index (κ1) is 6.22. The molecule has 4 nitrogen and oxygen atoms in total. The zero-order valence-electron chi connectivity index (χ0n) is 5.53. The summed E-state index contributed by atoms with van der Waals surface area (Å²) >= 11 is 0. The summed E-state index contributed by atoms with van der Waals surface area (Å²) in [5.74, 6) is -0.0799. The molecule has 4 heteroatoms. The second-order valence-electron chi connectivity index (χ2n) is 2.08. The van der Waals surface area contributed by atoms with Gasteiger partial charge in [-0.25, -0.2) is 10.0 Å². The Morgan fingerprint density at radius 2 is 2.44 bits per heavy atom. The second kappa shape index (κ2) is 2.14. The molecule has 0 saturated heterocycles. The number of hydrogen-bond acceptors (Lipinski definition) is 3. The third-order valence-electron chi connectivity index (χ3n) is 1.15. The minimum Gasteiger partial charge on any atom is -0.286 e. The van der Waals surface area contributed by atoms with Crippen molar-refractivity contribution < 1.29 is 4.79 Å². The average Bonchev–Trinajstić information content (AvgIpc) is 2.14. The maximum absolute atomic E-state index is 10.5. The van der Waals surface area contributed by atoms with Crippen LogP contribution >= 0.6 is 0 Å². The van der Waals surface area contributed by atoms with Crippen LogP contribution in [0, 0.1) is 0 Å². The highest BCUT2D eigenvalue weighted by Crippen LogP contribution is 1.95. The molecule has 1 heterocycles. The normalized spacial score (nSPS) is 18.1. The lowest BCUT2D eigenvalue weighted by molar-refractivity contribution is -0.118. The van der Waals surface area contributed by atoms with E-state index in [-0.39, 0.29) is 5.91 Å². The van der Waals surface area contributed by atoms with Gasteiger partial charge in [-0.2, -0.15) is 0 Å². The van der Waals surface area contributed by atoms with Crippen molar-refractivity contribution in [3.63, 3.8) is 0 Å². The maximum atomic E-state index is 10.5. The van der Waals surface area contributed by atoms with Gasteiger partial charge in [0.15, 0.2) is 0 Å². The van der Waals surface area contributed by atoms with Crippen LogP contribution in [0.1, 0.15) is 0 Å². The summed E-state index contributed by atoms with van der Waals surface area (Å²) in [6, 6.07) is 0. The van der Waals surface area contributed by atoms with Crippen molar-refractivity contribution in [1.29, 1.82) is 0 Å². The van der Waals surface area contributed by atoms with E-state index in [4.69, 9.17) is 0 Å². The molecule has 0 bridgehead atoms. The molecule has 0 atom stereocenters. The van der Waals surface area contributed by atoms with Crippen LogP contribution in [0.5, 0.6) is 0 Å². The van der Waals surface area contributed by atoms with Crippen LogP contribution < -0.4 is 0 Å². The molecule has 0 fully saturated rings. The van der Waals surface area contributed by atoms with Crippen LogP contribution in [0.25, 0.3) is 0 Å². The number of aliphatic imine (C=N–C) groups is 1. The van der Waals surface area contributed by atoms with Gasteiger partial charge in [0.1, 0.15) is 12.9 Å². The largest absolute Gasteiger partial charge is 0.286 e. The van der Waals surface area contributed by atoms with Gasteiger partial charge >= 0.3 is 0 Å². The minimum absolute atomic E-state index is 0.0799. The summed E-state index contributed by atoms with van der Waals surface area (Å²) in [5.41, 5.74) is 0. The summed E-state index contributed by atoms with van der Waals surface area (Å²) in [6.45, 7) is 0.382. The van der Waals surface area contributed by atoms with Crippen LogP contribution in [-0.2, 0) is 4.79 Å². The van der Waals surface area contributed by atoms with Crippen LogP contribution in [-0.4, -0.2) is 42.9 Å². The summed E-state index contributed by atoms with van der Waals surface area (Å²) < 4.78 is 0. The molecule has 0 aromatic rings. The Kier molecular flexibility index (Phi) is 1.48. The zero-order valence-corrected chi connectivity index (χ0v) is 5.53. The number of nitrogens with zero attached hydrogens (tertiary/aromatic N) is 3. The smallest absolute Gasteiger partial charge is 0.268 e. The molecule has 1 aliphatic rings. The Balaban J connectivity index is 2.50. The number of carbonyl (C=O) groups excluding carboxylic acids is 1. The quantitative estimate of drug-likeness (QED) is 0.469. The molecule has 1 amide bonds. The fourth-order valence-electron chi connectivity index (χ4n) is 0.596. The topological polar surface area (TPSA) is 35.9 Å². The molecule has 0 unspecified atom stereocenters. The Bertz CT molecular complexity index is 152. The third kappa shape index (κ3) is 1.26. The first-order valence-electron chi connectivity index (χ1n) is 2.71. The number of hydrazine groups is 1. The summed E-state index contributed by atoms with van der Waals surface area (Å²) in [4.78, 5) is 14.1. The molecule has 0 spiro atoms. The Hall–Kier alpha value is -0.900. The van der Waals surface area contributed by atoms with E-state index in [1.807, 2.05) is 19.1 Å². The molecule has 1 aliphatic heterocycles. The van der Waals surface area contributed by atoms with Crippen molar-refractivity contribution in [2.45, 2.75) is 0 Å². The SMILES string of the molecule is CN(C)N1C=NC(=O)C1.